The third-order valence-electron chi connectivity index (χ3n) is 3.87. The van der Waals surface area contributed by atoms with Gasteiger partial charge in [-0.3, -0.25) is 4.79 Å². The Morgan fingerprint density at radius 1 is 1.41 bits per heavy atom. The first kappa shape index (κ1) is 14.5. The van der Waals surface area contributed by atoms with E-state index in [1.54, 1.807) is 0 Å². The van der Waals surface area contributed by atoms with Crippen LogP contribution in [0, 0.1) is 10.8 Å². The van der Waals surface area contributed by atoms with Gasteiger partial charge in [0, 0.05) is 18.6 Å². The van der Waals surface area contributed by atoms with Gasteiger partial charge < -0.3 is 15.7 Å². The molecule has 100 valence electrons. The summed E-state index contributed by atoms with van der Waals surface area (Å²) in [5, 5.41) is 15.5. The molecule has 0 saturated carbocycles. The number of aliphatic hydroxyl groups excluding tert-OH is 1. The molecule has 17 heavy (non-hydrogen) atoms. The lowest BCUT2D eigenvalue weighted by Crippen LogP contribution is -2.49. The normalized spacial score (nSPS) is 20.0. The highest BCUT2D eigenvalue weighted by Gasteiger charge is 2.38. The van der Waals surface area contributed by atoms with Crippen LogP contribution >= 0.6 is 0 Å². The molecule has 0 aromatic carbocycles. The number of rotatable bonds is 5. The highest BCUT2D eigenvalue weighted by atomic mass is 16.3. The Morgan fingerprint density at radius 2 is 2.00 bits per heavy atom. The van der Waals surface area contributed by atoms with E-state index in [0.717, 1.165) is 32.4 Å². The van der Waals surface area contributed by atoms with Gasteiger partial charge in [0.15, 0.2) is 0 Å². The molecule has 4 nitrogen and oxygen atoms in total. The van der Waals surface area contributed by atoms with Gasteiger partial charge in [0.1, 0.15) is 0 Å². The van der Waals surface area contributed by atoms with Crippen LogP contribution in [0.25, 0.3) is 0 Å². The quantitative estimate of drug-likeness (QED) is 0.671. The van der Waals surface area contributed by atoms with Gasteiger partial charge in [0.2, 0.25) is 5.91 Å². The molecular weight excluding hydrogens is 216 g/mol. The predicted molar refractivity (Wildman–Crippen MR) is 68.7 cm³/mol. The maximum Gasteiger partial charge on any atom is 0.226 e. The monoisotopic (exact) mass is 242 g/mol. The fraction of sp³-hybridized carbons (Fsp3) is 0.923. The third kappa shape index (κ3) is 3.68. The Labute approximate surface area is 104 Å². The molecule has 1 aliphatic heterocycles. The van der Waals surface area contributed by atoms with Crippen LogP contribution in [0.4, 0.5) is 0 Å². The van der Waals surface area contributed by atoms with Crippen molar-refractivity contribution in [2.45, 2.75) is 40.0 Å². The summed E-state index contributed by atoms with van der Waals surface area (Å²) in [5.41, 5.74) is -0.436. The number of aliphatic hydroxyl groups is 1. The third-order valence-corrected chi connectivity index (χ3v) is 3.87. The molecule has 1 fully saturated rings. The van der Waals surface area contributed by atoms with E-state index in [1.165, 1.54) is 0 Å². The zero-order chi connectivity index (χ0) is 12.9. The summed E-state index contributed by atoms with van der Waals surface area (Å²) in [7, 11) is 0. The Balaban J connectivity index is 2.55. The molecule has 0 unspecified atom stereocenters. The Bertz CT molecular complexity index is 258. The van der Waals surface area contributed by atoms with Crippen LogP contribution < -0.4 is 10.6 Å². The highest BCUT2D eigenvalue weighted by Crippen LogP contribution is 2.32. The summed E-state index contributed by atoms with van der Waals surface area (Å²) in [6.45, 7) is 8.46. The van der Waals surface area contributed by atoms with Crippen molar-refractivity contribution in [2.75, 3.05) is 26.2 Å². The lowest BCUT2D eigenvalue weighted by Gasteiger charge is -2.36. The van der Waals surface area contributed by atoms with Crippen LogP contribution in [-0.2, 0) is 4.79 Å². The van der Waals surface area contributed by atoms with Crippen molar-refractivity contribution in [2.24, 2.45) is 10.8 Å². The molecule has 1 amide bonds. The van der Waals surface area contributed by atoms with E-state index in [-0.39, 0.29) is 23.3 Å². The number of carbonyl (C=O) groups is 1. The summed E-state index contributed by atoms with van der Waals surface area (Å²) >= 11 is 0. The van der Waals surface area contributed by atoms with Crippen LogP contribution in [0.2, 0.25) is 0 Å². The van der Waals surface area contributed by atoms with Gasteiger partial charge in [0.05, 0.1) is 5.41 Å². The molecule has 0 aromatic heterocycles. The molecule has 0 spiro atoms. The van der Waals surface area contributed by atoms with Crippen molar-refractivity contribution in [3.05, 3.63) is 0 Å². The average Bonchev–Trinajstić information content (AvgIpc) is 2.37. The smallest absolute Gasteiger partial charge is 0.226 e. The van der Waals surface area contributed by atoms with Gasteiger partial charge >= 0.3 is 0 Å². The molecule has 0 radical (unpaired) electrons. The van der Waals surface area contributed by atoms with Crippen LogP contribution in [0.1, 0.15) is 40.0 Å². The van der Waals surface area contributed by atoms with E-state index in [2.05, 4.69) is 17.6 Å². The lowest BCUT2D eigenvalue weighted by molar-refractivity contribution is -0.133. The zero-order valence-electron chi connectivity index (χ0n) is 11.3. The van der Waals surface area contributed by atoms with E-state index < -0.39 is 0 Å². The number of nitrogens with one attached hydrogen (secondary N) is 2. The topological polar surface area (TPSA) is 61.4 Å². The van der Waals surface area contributed by atoms with Crippen molar-refractivity contribution < 1.29 is 9.90 Å². The second-order valence-electron chi connectivity index (χ2n) is 5.89. The molecule has 1 rings (SSSR count). The second kappa shape index (κ2) is 5.83. The molecule has 0 bridgehead atoms. The van der Waals surface area contributed by atoms with Gasteiger partial charge in [0.25, 0.3) is 0 Å². The molecule has 3 N–H and O–H groups in total. The van der Waals surface area contributed by atoms with E-state index in [9.17, 15) is 9.90 Å². The lowest BCUT2D eigenvalue weighted by atomic mass is 9.75. The first-order valence-corrected chi connectivity index (χ1v) is 6.56. The number of piperidine rings is 1. The molecule has 1 saturated heterocycles. The average molecular weight is 242 g/mol. The molecule has 1 aliphatic rings. The fourth-order valence-corrected chi connectivity index (χ4v) is 2.21. The fourth-order valence-electron chi connectivity index (χ4n) is 2.21. The Hall–Kier alpha value is -0.610. The summed E-state index contributed by atoms with van der Waals surface area (Å²) < 4.78 is 0. The number of hydrogen-bond acceptors (Lipinski definition) is 3. The second-order valence-corrected chi connectivity index (χ2v) is 5.89. The van der Waals surface area contributed by atoms with Crippen LogP contribution in [0.3, 0.4) is 0 Å². The SMILES string of the molecule is CCC1(C(=O)NCC(C)(C)CO)CCNCC1. The molecular formula is C13H26N2O2. The maximum atomic E-state index is 12.3. The summed E-state index contributed by atoms with van der Waals surface area (Å²) in [6, 6.07) is 0. The van der Waals surface area contributed by atoms with Crippen molar-refractivity contribution in [3.8, 4) is 0 Å². The zero-order valence-corrected chi connectivity index (χ0v) is 11.3. The highest BCUT2D eigenvalue weighted by molar-refractivity contribution is 5.82. The van der Waals surface area contributed by atoms with E-state index in [0.29, 0.717) is 6.54 Å². The summed E-state index contributed by atoms with van der Waals surface area (Å²) in [5.74, 6) is 0.156. The Kier molecular flexibility index (Phi) is 4.95. The first-order chi connectivity index (χ1) is 7.96. The maximum absolute atomic E-state index is 12.3. The minimum atomic E-state index is -0.239. The Morgan fingerprint density at radius 3 is 2.47 bits per heavy atom. The summed E-state index contributed by atoms with van der Waals surface area (Å²) in [6.07, 6.45) is 2.71. The number of amides is 1. The van der Waals surface area contributed by atoms with Crippen molar-refractivity contribution in [3.63, 3.8) is 0 Å². The van der Waals surface area contributed by atoms with Gasteiger partial charge in [-0.1, -0.05) is 20.8 Å². The standard InChI is InChI=1S/C13H26N2O2/c1-4-13(5-7-14-8-6-13)11(17)15-9-12(2,3)10-16/h14,16H,4-10H2,1-3H3,(H,15,17). The van der Waals surface area contributed by atoms with E-state index in [4.69, 9.17) is 0 Å². The van der Waals surface area contributed by atoms with Crippen LogP contribution in [0.15, 0.2) is 0 Å². The van der Waals surface area contributed by atoms with Gasteiger partial charge in [-0.25, -0.2) is 0 Å². The first-order valence-electron chi connectivity index (χ1n) is 6.56. The molecule has 0 aliphatic carbocycles. The van der Waals surface area contributed by atoms with Crippen molar-refractivity contribution >= 4 is 5.91 Å². The molecule has 0 aromatic rings. The number of hydrogen-bond donors (Lipinski definition) is 3. The largest absolute Gasteiger partial charge is 0.396 e. The minimum Gasteiger partial charge on any atom is -0.396 e. The van der Waals surface area contributed by atoms with Crippen molar-refractivity contribution in [1.29, 1.82) is 0 Å². The van der Waals surface area contributed by atoms with Crippen LogP contribution in [0.5, 0.6) is 0 Å². The van der Waals surface area contributed by atoms with Gasteiger partial charge in [-0.15, -0.1) is 0 Å². The van der Waals surface area contributed by atoms with E-state index in [1.807, 2.05) is 13.8 Å². The van der Waals surface area contributed by atoms with Gasteiger partial charge in [-0.05, 0) is 32.4 Å². The summed E-state index contributed by atoms with van der Waals surface area (Å²) in [4.78, 5) is 12.3. The number of carbonyl (C=O) groups excluding carboxylic acids is 1. The molecule has 0 atom stereocenters. The molecule has 1 heterocycles. The predicted octanol–water partition coefficient (Wildman–Crippen LogP) is 0.901. The van der Waals surface area contributed by atoms with Crippen LogP contribution in [-0.4, -0.2) is 37.3 Å². The minimum absolute atomic E-state index is 0.0912. The molecule has 4 heteroatoms. The van der Waals surface area contributed by atoms with Gasteiger partial charge in [-0.2, -0.15) is 0 Å². The van der Waals surface area contributed by atoms with E-state index >= 15 is 0 Å². The van der Waals surface area contributed by atoms with Crippen molar-refractivity contribution in [1.82, 2.24) is 10.6 Å².